The molecule has 1 amide bonds. The van der Waals surface area contributed by atoms with E-state index in [1.807, 2.05) is 30.3 Å². The lowest BCUT2D eigenvalue weighted by Crippen LogP contribution is -2.42. The highest BCUT2D eigenvalue weighted by molar-refractivity contribution is 5.81. The largest absolute Gasteiger partial charge is 0.618 e. The predicted octanol–water partition coefficient (Wildman–Crippen LogP) is 1.88. The quantitative estimate of drug-likeness (QED) is 0.431. The molecule has 3 aromatic rings. The first-order valence-electron chi connectivity index (χ1n) is 10.1. The summed E-state index contributed by atoms with van der Waals surface area (Å²) in [4.78, 5) is 29.6. The van der Waals surface area contributed by atoms with E-state index in [9.17, 15) is 23.6 Å². The van der Waals surface area contributed by atoms with E-state index >= 15 is 0 Å². The molecule has 4 rings (SSSR count). The van der Waals surface area contributed by atoms with Gasteiger partial charge in [0.1, 0.15) is 6.04 Å². The van der Waals surface area contributed by atoms with E-state index in [1.165, 1.54) is 22.9 Å². The number of carbonyl (C=O) groups excluding carboxylic acids is 1. The number of aryl methyl sites for hydroxylation is 1. The topological polar surface area (TPSA) is 103 Å². The summed E-state index contributed by atoms with van der Waals surface area (Å²) < 4.78 is 30.4. The maximum absolute atomic E-state index is 14.5. The third-order valence-corrected chi connectivity index (χ3v) is 5.35. The number of aromatic nitrogens is 3. The van der Waals surface area contributed by atoms with Gasteiger partial charge in [-0.15, -0.1) is 0 Å². The summed E-state index contributed by atoms with van der Waals surface area (Å²) in [6.07, 6.45) is 3.27. The predicted molar refractivity (Wildman–Crippen MR) is 112 cm³/mol. The van der Waals surface area contributed by atoms with Gasteiger partial charge in [0.15, 0.2) is 12.0 Å². The Morgan fingerprint density at radius 2 is 1.97 bits per heavy atom. The molecule has 2 N–H and O–H groups in total. The monoisotopic (exact) mass is 441 g/mol. The molecule has 10 heteroatoms. The lowest BCUT2D eigenvalue weighted by molar-refractivity contribution is -0.624. The number of alkyl halides is 2. The molecular weight excluding hydrogens is 420 g/mol. The zero-order valence-electron chi connectivity index (χ0n) is 17.0. The van der Waals surface area contributed by atoms with Crippen LogP contribution in [0.1, 0.15) is 29.4 Å². The Morgan fingerprint density at radius 1 is 1.22 bits per heavy atom. The van der Waals surface area contributed by atoms with Crippen LogP contribution in [0, 0.1) is 5.21 Å². The van der Waals surface area contributed by atoms with Crippen molar-refractivity contribution < 1.29 is 18.3 Å². The number of carbonyl (C=O) groups is 1. The van der Waals surface area contributed by atoms with Crippen LogP contribution in [0.5, 0.6) is 0 Å². The molecule has 1 aromatic carbocycles. The molecule has 8 nitrogen and oxygen atoms in total. The van der Waals surface area contributed by atoms with Gasteiger partial charge in [-0.2, -0.15) is 13.5 Å². The fourth-order valence-corrected chi connectivity index (χ4v) is 3.71. The third kappa shape index (κ3) is 4.29. The standard InChI is InChI=1S/C22H21F2N5O3/c23-22(24,18-8-4-5-11-28(18)32)14-27-19-21(31)29-16(13-25-19)9-10-17(29)20(30)26-12-15-6-2-1-3-7-15/h1-8,11,13,17H,9-10,12,14H2,(H,25,27)(H,26,30)/t17-/m0/s1. The van der Waals surface area contributed by atoms with Gasteiger partial charge in [-0.05, 0) is 24.5 Å². The first kappa shape index (κ1) is 21.4. The summed E-state index contributed by atoms with van der Waals surface area (Å²) in [6, 6.07) is 12.3. The van der Waals surface area contributed by atoms with Crippen LogP contribution in [0.25, 0.3) is 0 Å². The Morgan fingerprint density at radius 3 is 2.72 bits per heavy atom. The second-order valence-corrected chi connectivity index (χ2v) is 7.50. The molecule has 0 fully saturated rings. The minimum absolute atomic E-state index is 0.0811. The van der Waals surface area contributed by atoms with E-state index in [1.54, 1.807) is 0 Å². The highest BCUT2D eigenvalue weighted by Crippen LogP contribution is 2.26. The van der Waals surface area contributed by atoms with Gasteiger partial charge < -0.3 is 15.8 Å². The Bertz CT molecular complexity index is 1180. The molecule has 0 unspecified atom stereocenters. The highest BCUT2D eigenvalue weighted by Gasteiger charge is 2.40. The number of nitrogens with one attached hydrogen (secondary N) is 2. The van der Waals surface area contributed by atoms with E-state index in [-0.39, 0.29) is 16.5 Å². The maximum atomic E-state index is 14.5. The van der Waals surface area contributed by atoms with Crippen LogP contribution in [-0.4, -0.2) is 22.0 Å². The van der Waals surface area contributed by atoms with E-state index < -0.39 is 29.8 Å². The molecule has 0 bridgehead atoms. The lowest BCUT2D eigenvalue weighted by atomic mass is 10.2. The lowest BCUT2D eigenvalue weighted by Gasteiger charge is -2.18. The zero-order chi connectivity index (χ0) is 22.7. The molecule has 0 spiro atoms. The number of benzene rings is 1. The van der Waals surface area contributed by atoms with E-state index in [2.05, 4.69) is 15.6 Å². The van der Waals surface area contributed by atoms with Gasteiger partial charge in [0, 0.05) is 30.6 Å². The van der Waals surface area contributed by atoms with Crippen LogP contribution in [-0.2, 0) is 23.7 Å². The summed E-state index contributed by atoms with van der Waals surface area (Å²) >= 11 is 0. The molecule has 3 heterocycles. The van der Waals surface area contributed by atoms with Crippen molar-refractivity contribution in [3.05, 3.63) is 93.4 Å². The third-order valence-electron chi connectivity index (χ3n) is 5.35. The molecule has 0 saturated heterocycles. The van der Waals surface area contributed by atoms with Gasteiger partial charge in [0.25, 0.3) is 11.3 Å². The summed E-state index contributed by atoms with van der Waals surface area (Å²) in [5.41, 5.74) is 0.0838. The van der Waals surface area contributed by atoms with Crippen molar-refractivity contribution >= 4 is 11.7 Å². The molecule has 1 atom stereocenters. The molecule has 1 aliphatic heterocycles. The van der Waals surface area contributed by atoms with Gasteiger partial charge in [0.05, 0.1) is 6.54 Å². The number of halogens is 2. The van der Waals surface area contributed by atoms with E-state index in [0.717, 1.165) is 17.8 Å². The molecule has 32 heavy (non-hydrogen) atoms. The number of hydrogen-bond acceptors (Lipinski definition) is 5. The van der Waals surface area contributed by atoms with Crippen molar-refractivity contribution in [3.8, 4) is 0 Å². The second-order valence-electron chi connectivity index (χ2n) is 7.50. The van der Waals surface area contributed by atoms with Crippen molar-refractivity contribution in [3.63, 3.8) is 0 Å². The smallest absolute Gasteiger partial charge is 0.347 e. The highest BCUT2D eigenvalue weighted by atomic mass is 19.3. The van der Waals surface area contributed by atoms with Crippen molar-refractivity contribution in [1.29, 1.82) is 0 Å². The summed E-state index contributed by atoms with van der Waals surface area (Å²) in [5.74, 6) is -4.16. The minimum atomic E-state index is -3.53. The summed E-state index contributed by atoms with van der Waals surface area (Å²) in [6.45, 7) is -0.680. The Labute approximate surface area is 182 Å². The van der Waals surface area contributed by atoms with Gasteiger partial charge >= 0.3 is 5.92 Å². The SMILES string of the molecule is O=C(NCc1ccccc1)[C@@H]1CCc2cnc(NCC(F)(F)c3cccc[n+]3[O-])c(=O)n21. The average molecular weight is 441 g/mol. The summed E-state index contributed by atoms with van der Waals surface area (Å²) in [5, 5.41) is 16.8. The van der Waals surface area contributed by atoms with Crippen LogP contribution in [0.4, 0.5) is 14.6 Å². The first-order chi connectivity index (χ1) is 15.4. The van der Waals surface area contributed by atoms with Gasteiger partial charge in [-0.25, -0.2) is 4.98 Å². The molecule has 0 radical (unpaired) electrons. The minimum Gasteiger partial charge on any atom is -0.618 e. The van der Waals surface area contributed by atoms with Crippen LogP contribution >= 0.6 is 0 Å². The van der Waals surface area contributed by atoms with E-state index in [4.69, 9.17) is 0 Å². The number of hydrogen-bond donors (Lipinski definition) is 2. The number of anilines is 1. The number of rotatable bonds is 7. The molecule has 1 aliphatic rings. The molecule has 166 valence electrons. The number of nitrogens with zero attached hydrogens (tertiary/aromatic N) is 3. The van der Waals surface area contributed by atoms with Crippen LogP contribution in [0.2, 0.25) is 0 Å². The normalized spacial score (nSPS) is 15.2. The van der Waals surface area contributed by atoms with Gasteiger partial charge in [-0.3, -0.25) is 14.2 Å². The van der Waals surface area contributed by atoms with Gasteiger partial charge in [0.2, 0.25) is 5.91 Å². The van der Waals surface area contributed by atoms with Crippen LogP contribution in [0.3, 0.4) is 0 Å². The summed E-state index contributed by atoms with van der Waals surface area (Å²) in [7, 11) is 0. The van der Waals surface area contributed by atoms with Crippen LogP contribution in [0.15, 0.2) is 65.7 Å². The fourth-order valence-electron chi connectivity index (χ4n) is 3.71. The number of fused-ring (bicyclic) bond motifs is 1. The fraction of sp³-hybridized carbons (Fsp3) is 0.273. The molecular formula is C22H21F2N5O3. The maximum Gasteiger partial charge on any atom is 0.347 e. The number of pyridine rings is 1. The van der Waals surface area contributed by atoms with Gasteiger partial charge in [-0.1, -0.05) is 30.3 Å². The van der Waals surface area contributed by atoms with Crippen molar-refractivity contribution in [2.75, 3.05) is 11.9 Å². The van der Waals surface area contributed by atoms with Crippen LogP contribution < -0.4 is 20.9 Å². The second kappa shape index (κ2) is 8.74. The molecule has 0 saturated carbocycles. The molecule has 0 aliphatic carbocycles. The average Bonchev–Trinajstić information content (AvgIpc) is 3.23. The Hall–Kier alpha value is -3.82. The Kier molecular flexibility index (Phi) is 5.85. The first-order valence-corrected chi connectivity index (χ1v) is 10.1. The zero-order valence-corrected chi connectivity index (χ0v) is 17.0. The molecule has 2 aromatic heterocycles. The van der Waals surface area contributed by atoms with Crippen molar-refractivity contribution in [1.82, 2.24) is 14.9 Å². The Balaban J connectivity index is 1.49. The van der Waals surface area contributed by atoms with Crippen molar-refractivity contribution in [2.24, 2.45) is 0 Å². The number of amides is 1. The van der Waals surface area contributed by atoms with Crippen molar-refractivity contribution in [2.45, 2.75) is 31.4 Å². The van der Waals surface area contributed by atoms with E-state index in [0.29, 0.717) is 25.1 Å².